The minimum absolute atomic E-state index is 0.0566. The van der Waals surface area contributed by atoms with Gasteiger partial charge in [0.25, 0.3) is 0 Å². The molecule has 7 heteroatoms. The van der Waals surface area contributed by atoms with Crippen LogP contribution >= 0.6 is 11.3 Å². The highest BCUT2D eigenvalue weighted by Crippen LogP contribution is 2.22. The van der Waals surface area contributed by atoms with Crippen LogP contribution in [-0.2, 0) is 4.79 Å². The predicted octanol–water partition coefficient (Wildman–Crippen LogP) is 1.32. The summed E-state index contributed by atoms with van der Waals surface area (Å²) in [5.41, 5.74) is 0. The standard InChI is InChI=1S/C13H19N5OS/c1-10(18-9-14-8-16-18)13(19)15-7-11(17(2)3)12-5-4-6-20-12/h4-6,8-11H,7H2,1-3H3,(H,15,19)/t10-,11+/m0/s1. The highest BCUT2D eigenvalue weighted by molar-refractivity contribution is 7.10. The van der Waals surface area contributed by atoms with E-state index in [0.717, 1.165) is 0 Å². The van der Waals surface area contributed by atoms with Gasteiger partial charge in [-0.2, -0.15) is 5.10 Å². The number of thiophene rings is 1. The molecule has 1 amide bonds. The number of hydrogen-bond acceptors (Lipinski definition) is 5. The Bertz CT molecular complexity index is 523. The number of nitrogens with one attached hydrogen (secondary N) is 1. The van der Waals surface area contributed by atoms with E-state index >= 15 is 0 Å². The zero-order valence-corrected chi connectivity index (χ0v) is 12.7. The molecule has 0 aliphatic rings. The SMILES string of the molecule is C[C@@H](C(=O)NC[C@H](c1cccs1)N(C)C)n1cncn1. The molecule has 1 N–H and O–H groups in total. The smallest absolute Gasteiger partial charge is 0.244 e. The van der Waals surface area contributed by atoms with Crippen LogP contribution in [0.25, 0.3) is 0 Å². The van der Waals surface area contributed by atoms with Gasteiger partial charge in [0.05, 0.1) is 6.04 Å². The molecule has 0 fully saturated rings. The fourth-order valence-corrected chi connectivity index (χ4v) is 2.82. The van der Waals surface area contributed by atoms with Gasteiger partial charge < -0.3 is 10.2 Å². The molecule has 0 unspecified atom stereocenters. The summed E-state index contributed by atoms with van der Waals surface area (Å²) in [4.78, 5) is 19.3. The molecule has 2 atom stereocenters. The molecule has 0 saturated heterocycles. The monoisotopic (exact) mass is 293 g/mol. The second-order valence-corrected chi connectivity index (χ2v) is 5.77. The van der Waals surface area contributed by atoms with Crippen LogP contribution in [0.5, 0.6) is 0 Å². The van der Waals surface area contributed by atoms with Gasteiger partial charge in [0, 0.05) is 11.4 Å². The Morgan fingerprint density at radius 1 is 1.55 bits per heavy atom. The molecule has 2 rings (SSSR count). The molecule has 2 aromatic rings. The Balaban J connectivity index is 1.94. The summed E-state index contributed by atoms with van der Waals surface area (Å²) in [5, 5.41) is 9.01. The van der Waals surface area contributed by atoms with Crippen molar-refractivity contribution in [3.63, 3.8) is 0 Å². The Hall–Kier alpha value is -1.73. The second-order valence-electron chi connectivity index (χ2n) is 4.79. The molecule has 6 nitrogen and oxygen atoms in total. The summed E-state index contributed by atoms with van der Waals surface area (Å²) in [6, 6.07) is 3.93. The minimum Gasteiger partial charge on any atom is -0.352 e. The molecule has 2 aromatic heterocycles. The molecular weight excluding hydrogens is 274 g/mol. The van der Waals surface area contributed by atoms with Crippen molar-refractivity contribution in [3.8, 4) is 0 Å². The van der Waals surface area contributed by atoms with E-state index in [9.17, 15) is 4.79 Å². The highest BCUT2D eigenvalue weighted by Gasteiger charge is 2.19. The molecule has 108 valence electrons. The molecule has 0 saturated carbocycles. The lowest BCUT2D eigenvalue weighted by molar-refractivity contribution is -0.124. The highest BCUT2D eigenvalue weighted by atomic mass is 32.1. The van der Waals surface area contributed by atoms with Gasteiger partial charge >= 0.3 is 0 Å². The molecule has 0 aliphatic heterocycles. The van der Waals surface area contributed by atoms with Crippen molar-refractivity contribution >= 4 is 17.2 Å². The van der Waals surface area contributed by atoms with Crippen LogP contribution in [0.4, 0.5) is 0 Å². The normalized spacial score (nSPS) is 14.2. The molecule has 20 heavy (non-hydrogen) atoms. The number of aromatic nitrogens is 3. The fraction of sp³-hybridized carbons (Fsp3) is 0.462. The second kappa shape index (κ2) is 6.62. The van der Waals surface area contributed by atoms with Crippen LogP contribution in [0.15, 0.2) is 30.2 Å². The number of carbonyl (C=O) groups excluding carboxylic acids is 1. The fourth-order valence-electron chi connectivity index (χ4n) is 1.90. The van der Waals surface area contributed by atoms with Gasteiger partial charge in [-0.1, -0.05) is 6.07 Å². The number of likely N-dealkylation sites (N-methyl/N-ethyl adjacent to an activating group) is 1. The number of hydrogen-bond donors (Lipinski definition) is 1. The van der Waals surface area contributed by atoms with Crippen molar-refractivity contribution in [2.45, 2.75) is 19.0 Å². The van der Waals surface area contributed by atoms with E-state index in [0.29, 0.717) is 6.54 Å². The van der Waals surface area contributed by atoms with Crippen molar-refractivity contribution in [3.05, 3.63) is 35.0 Å². The van der Waals surface area contributed by atoms with Crippen molar-refractivity contribution in [2.75, 3.05) is 20.6 Å². The van der Waals surface area contributed by atoms with Gasteiger partial charge in [-0.3, -0.25) is 4.79 Å². The Morgan fingerprint density at radius 2 is 2.35 bits per heavy atom. The Labute approximate surface area is 122 Å². The molecule has 0 bridgehead atoms. The average molecular weight is 293 g/mol. The van der Waals surface area contributed by atoms with Crippen LogP contribution in [0.3, 0.4) is 0 Å². The van der Waals surface area contributed by atoms with Crippen molar-refractivity contribution < 1.29 is 4.79 Å². The lowest BCUT2D eigenvalue weighted by atomic mass is 10.2. The van der Waals surface area contributed by atoms with Gasteiger partial charge in [0.2, 0.25) is 5.91 Å². The lowest BCUT2D eigenvalue weighted by Crippen LogP contribution is -2.37. The van der Waals surface area contributed by atoms with Crippen molar-refractivity contribution in [1.29, 1.82) is 0 Å². The Morgan fingerprint density at radius 3 is 2.90 bits per heavy atom. The lowest BCUT2D eigenvalue weighted by Gasteiger charge is -2.24. The van der Waals surface area contributed by atoms with Gasteiger partial charge in [-0.05, 0) is 32.5 Å². The molecule has 2 heterocycles. The number of amides is 1. The van der Waals surface area contributed by atoms with E-state index in [1.165, 1.54) is 11.2 Å². The number of carbonyl (C=O) groups is 1. The zero-order chi connectivity index (χ0) is 14.5. The van der Waals surface area contributed by atoms with E-state index < -0.39 is 0 Å². The van der Waals surface area contributed by atoms with Gasteiger partial charge in [-0.15, -0.1) is 11.3 Å². The van der Waals surface area contributed by atoms with E-state index in [2.05, 4.69) is 26.4 Å². The first-order valence-corrected chi connectivity index (χ1v) is 7.29. The quantitative estimate of drug-likeness (QED) is 0.872. The van der Waals surface area contributed by atoms with Crippen LogP contribution in [-0.4, -0.2) is 46.2 Å². The molecular formula is C13H19N5OS. The minimum atomic E-state index is -0.358. The maximum Gasteiger partial charge on any atom is 0.244 e. The third-order valence-electron chi connectivity index (χ3n) is 3.18. The van der Waals surface area contributed by atoms with Crippen molar-refractivity contribution in [1.82, 2.24) is 25.0 Å². The topological polar surface area (TPSA) is 63.1 Å². The first-order chi connectivity index (χ1) is 9.59. The summed E-state index contributed by atoms with van der Waals surface area (Å²) < 4.78 is 1.55. The summed E-state index contributed by atoms with van der Waals surface area (Å²) in [6.07, 6.45) is 2.98. The maximum absolute atomic E-state index is 12.1. The summed E-state index contributed by atoms with van der Waals surface area (Å²) in [7, 11) is 4.02. The van der Waals surface area contributed by atoms with Crippen LogP contribution < -0.4 is 5.32 Å². The first kappa shape index (κ1) is 14.7. The van der Waals surface area contributed by atoms with E-state index in [-0.39, 0.29) is 18.0 Å². The summed E-state index contributed by atoms with van der Waals surface area (Å²) >= 11 is 1.70. The first-order valence-electron chi connectivity index (χ1n) is 6.41. The van der Waals surface area contributed by atoms with Gasteiger partial charge in [0.1, 0.15) is 18.7 Å². The predicted molar refractivity (Wildman–Crippen MR) is 78.5 cm³/mol. The molecule has 0 aromatic carbocycles. The van der Waals surface area contributed by atoms with Crippen LogP contribution in [0, 0.1) is 0 Å². The largest absolute Gasteiger partial charge is 0.352 e. The van der Waals surface area contributed by atoms with Gasteiger partial charge in [-0.25, -0.2) is 9.67 Å². The zero-order valence-electron chi connectivity index (χ0n) is 11.9. The van der Waals surface area contributed by atoms with Crippen LogP contribution in [0.2, 0.25) is 0 Å². The summed E-state index contributed by atoms with van der Waals surface area (Å²) in [5.74, 6) is -0.0566. The molecule has 0 aliphatic carbocycles. The van der Waals surface area contributed by atoms with Gasteiger partial charge in [0.15, 0.2) is 0 Å². The molecule has 0 radical (unpaired) electrons. The number of rotatable bonds is 6. The van der Waals surface area contributed by atoms with E-state index in [1.807, 2.05) is 25.5 Å². The third kappa shape index (κ3) is 3.43. The number of nitrogens with zero attached hydrogens (tertiary/aromatic N) is 4. The van der Waals surface area contributed by atoms with Crippen LogP contribution in [0.1, 0.15) is 23.9 Å². The van der Waals surface area contributed by atoms with Crippen molar-refractivity contribution in [2.24, 2.45) is 0 Å². The third-order valence-corrected chi connectivity index (χ3v) is 4.15. The average Bonchev–Trinajstić information content (AvgIpc) is 3.10. The maximum atomic E-state index is 12.1. The Kier molecular flexibility index (Phi) is 4.86. The summed E-state index contributed by atoms with van der Waals surface area (Å²) in [6.45, 7) is 2.38. The molecule has 0 spiro atoms. The van der Waals surface area contributed by atoms with E-state index in [4.69, 9.17) is 0 Å². The van der Waals surface area contributed by atoms with E-state index in [1.54, 1.807) is 29.3 Å².